The van der Waals surface area contributed by atoms with Crippen LogP contribution in [-0.2, 0) is 6.54 Å². The Balaban J connectivity index is 2.35. The summed E-state index contributed by atoms with van der Waals surface area (Å²) >= 11 is 0. The molecule has 1 heterocycles. The van der Waals surface area contributed by atoms with Gasteiger partial charge < -0.3 is 9.88 Å². The van der Waals surface area contributed by atoms with Gasteiger partial charge in [0.2, 0.25) is 0 Å². The van der Waals surface area contributed by atoms with Crippen molar-refractivity contribution < 1.29 is 0 Å². The van der Waals surface area contributed by atoms with E-state index < -0.39 is 0 Å². The molecule has 1 N–H and O–H groups in total. The van der Waals surface area contributed by atoms with Gasteiger partial charge >= 0.3 is 0 Å². The second-order valence-electron chi connectivity index (χ2n) is 4.58. The summed E-state index contributed by atoms with van der Waals surface area (Å²) in [6, 6.07) is 8.96. The topological polar surface area (TPSA) is 29.9 Å². The first kappa shape index (κ1) is 12.8. The van der Waals surface area contributed by atoms with Crippen LogP contribution in [0, 0.1) is 0 Å². The molecule has 2 rings (SSSR count). The van der Waals surface area contributed by atoms with Gasteiger partial charge in [-0.2, -0.15) is 0 Å². The highest BCUT2D eigenvalue weighted by Crippen LogP contribution is 2.22. The van der Waals surface area contributed by atoms with Crippen molar-refractivity contribution in [2.75, 3.05) is 7.05 Å². The molecule has 1 aromatic heterocycles. The van der Waals surface area contributed by atoms with Gasteiger partial charge in [0.15, 0.2) is 0 Å². The smallest absolute Gasteiger partial charge is 0.139 e. The summed E-state index contributed by atoms with van der Waals surface area (Å²) in [7, 11) is 1.98. The number of imidazole rings is 1. The second kappa shape index (κ2) is 5.83. The third-order valence-electron chi connectivity index (χ3n) is 3.26. The van der Waals surface area contributed by atoms with Crippen molar-refractivity contribution in [3.05, 3.63) is 42.2 Å². The first-order valence-electron chi connectivity index (χ1n) is 6.55. The lowest BCUT2D eigenvalue weighted by molar-refractivity contribution is 0.652. The van der Waals surface area contributed by atoms with E-state index in [4.69, 9.17) is 0 Å². The van der Waals surface area contributed by atoms with Gasteiger partial charge in [-0.25, -0.2) is 4.98 Å². The molecule has 0 fully saturated rings. The summed E-state index contributed by atoms with van der Waals surface area (Å²) in [4.78, 5) is 4.47. The monoisotopic (exact) mass is 243 g/mol. The maximum Gasteiger partial charge on any atom is 0.139 e. The Morgan fingerprint density at radius 2 is 2.22 bits per heavy atom. The van der Waals surface area contributed by atoms with Crippen molar-refractivity contribution >= 4 is 0 Å². The molecule has 0 saturated heterocycles. The molecule has 0 aliphatic heterocycles. The van der Waals surface area contributed by atoms with Gasteiger partial charge in [0.05, 0.1) is 0 Å². The van der Waals surface area contributed by atoms with Crippen molar-refractivity contribution in [2.45, 2.75) is 32.9 Å². The van der Waals surface area contributed by atoms with E-state index in [1.165, 1.54) is 11.1 Å². The molecule has 0 saturated carbocycles. The van der Waals surface area contributed by atoms with Crippen molar-refractivity contribution in [1.29, 1.82) is 0 Å². The number of aryl methyl sites for hydroxylation is 1. The number of aromatic nitrogens is 2. The summed E-state index contributed by atoms with van der Waals surface area (Å²) in [5.41, 5.74) is 2.48. The summed E-state index contributed by atoms with van der Waals surface area (Å²) in [5, 5.41) is 3.27. The van der Waals surface area contributed by atoms with Crippen molar-refractivity contribution in [3.8, 4) is 11.4 Å². The number of nitrogens with zero attached hydrogens (tertiary/aromatic N) is 2. The van der Waals surface area contributed by atoms with E-state index in [1.807, 2.05) is 19.4 Å². The number of nitrogens with one attached hydrogen (secondary N) is 1. The van der Waals surface area contributed by atoms with E-state index in [1.54, 1.807) is 0 Å². The molecule has 1 unspecified atom stereocenters. The van der Waals surface area contributed by atoms with Crippen LogP contribution in [-0.4, -0.2) is 16.6 Å². The Hall–Kier alpha value is -1.61. The lowest BCUT2D eigenvalue weighted by Crippen LogP contribution is -2.12. The molecule has 0 amide bonds. The van der Waals surface area contributed by atoms with E-state index in [0.29, 0.717) is 6.04 Å². The zero-order valence-electron chi connectivity index (χ0n) is 11.4. The van der Waals surface area contributed by atoms with Crippen molar-refractivity contribution in [3.63, 3.8) is 0 Å². The highest BCUT2D eigenvalue weighted by atomic mass is 15.1. The first-order valence-corrected chi connectivity index (χ1v) is 6.55. The van der Waals surface area contributed by atoms with E-state index in [0.717, 1.165) is 18.8 Å². The van der Waals surface area contributed by atoms with Crippen LogP contribution in [0.4, 0.5) is 0 Å². The fraction of sp³-hybridized carbons (Fsp3) is 0.400. The van der Waals surface area contributed by atoms with Gasteiger partial charge in [-0.3, -0.25) is 0 Å². The maximum atomic E-state index is 4.47. The molecule has 0 radical (unpaired) electrons. The van der Waals surface area contributed by atoms with Crippen LogP contribution >= 0.6 is 0 Å². The molecule has 3 heteroatoms. The summed E-state index contributed by atoms with van der Waals surface area (Å²) in [5.74, 6) is 1.06. The molecule has 0 aliphatic carbocycles. The fourth-order valence-corrected chi connectivity index (χ4v) is 2.10. The Bertz CT molecular complexity index is 502. The highest BCUT2D eigenvalue weighted by molar-refractivity contribution is 5.57. The van der Waals surface area contributed by atoms with Gasteiger partial charge in [-0.15, -0.1) is 0 Å². The molecule has 18 heavy (non-hydrogen) atoms. The maximum absolute atomic E-state index is 4.47. The Labute approximate surface area is 109 Å². The Kier molecular flexibility index (Phi) is 4.15. The van der Waals surface area contributed by atoms with Crippen LogP contribution in [0.25, 0.3) is 11.4 Å². The molecule has 1 aromatic carbocycles. The predicted octanol–water partition coefficient (Wildman–Crippen LogP) is 3.24. The molecule has 0 spiro atoms. The number of benzene rings is 1. The van der Waals surface area contributed by atoms with Crippen LogP contribution in [0.2, 0.25) is 0 Å². The Morgan fingerprint density at radius 1 is 1.39 bits per heavy atom. The van der Waals surface area contributed by atoms with Gasteiger partial charge in [0.25, 0.3) is 0 Å². The lowest BCUT2D eigenvalue weighted by Gasteiger charge is -2.12. The van der Waals surface area contributed by atoms with Gasteiger partial charge in [-0.1, -0.05) is 25.1 Å². The van der Waals surface area contributed by atoms with Crippen LogP contribution in [0.15, 0.2) is 36.7 Å². The zero-order valence-corrected chi connectivity index (χ0v) is 11.4. The van der Waals surface area contributed by atoms with Crippen molar-refractivity contribution in [2.24, 2.45) is 0 Å². The first-order chi connectivity index (χ1) is 8.76. The summed E-state index contributed by atoms with van der Waals surface area (Å²) in [6.45, 7) is 5.36. The van der Waals surface area contributed by atoms with E-state index in [-0.39, 0.29) is 0 Å². The third-order valence-corrected chi connectivity index (χ3v) is 3.26. The molecule has 1 atom stereocenters. The van der Waals surface area contributed by atoms with Crippen molar-refractivity contribution in [1.82, 2.24) is 14.9 Å². The molecule has 3 nitrogen and oxygen atoms in total. The SMILES string of the molecule is CCCn1ccnc1-c1cccc(C(C)NC)c1. The average Bonchev–Trinajstić information content (AvgIpc) is 2.87. The zero-order chi connectivity index (χ0) is 13.0. The molecular weight excluding hydrogens is 222 g/mol. The molecule has 2 aromatic rings. The van der Waals surface area contributed by atoms with E-state index >= 15 is 0 Å². The minimum Gasteiger partial charge on any atom is -0.331 e. The number of hydrogen-bond donors (Lipinski definition) is 1. The standard InChI is InChI=1S/C15H21N3/c1-4-9-18-10-8-17-15(18)14-7-5-6-13(11-14)12(2)16-3/h5-8,10-12,16H,4,9H2,1-3H3. The van der Waals surface area contributed by atoms with Crippen LogP contribution in [0.5, 0.6) is 0 Å². The summed E-state index contributed by atoms with van der Waals surface area (Å²) < 4.78 is 2.21. The fourth-order valence-electron chi connectivity index (χ4n) is 2.10. The lowest BCUT2D eigenvalue weighted by atomic mass is 10.0. The normalized spacial score (nSPS) is 12.6. The van der Waals surface area contributed by atoms with Gasteiger partial charge in [-0.05, 0) is 32.0 Å². The Morgan fingerprint density at radius 3 is 2.94 bits per heavy atom. The number of hydrogen-bond acceptors (Lipinski definition) is 2. The largest absolute Gasteiger partial charge is 0.331 e. The quantitative estimate of drug-likeness (QED) is 0.873. The van der Waals surface area contributed by atoms with Crippen LogP contribution in [0.1, 0.15) is 31.9 Å². The van der Waals surface area contributed by atoms with Gasteiger partial charge in [0, 0.05) is 30.5 Å². The number of rotatable bonds is 5. The minimum atomic E-state index is 0.361. The molecule has 96 valence electrons. The third kappa shape index (κ3) is 2.62. The molecule has 0 bridgehead atoms. The van der Waals surface area contributed by atoms with E-state index in [2.05, 4.69) is 53.0 Å². The summed E-state index contributed by atoms with van der Waals surface area (Å²) in [6.07, 6.45) is 5.04. The average molecular weight is 243 g/mol. The van der Waals surface area contributed by atoms with Gasteiger partial charge in [0.1, 0.15) is 5.82 Å². The molecule has 0 aliphatic rings. The highest BCUT2D eigenvalue weighted by Gasteiger charge is 2.08. The van der Waals surface area contributed by atoms with E-state index in [9.17, 15) is 0 Å². The van der Waals surface area contributed by atoms with Crippen LogP contribution in [0.3, 0.4) is 0 Å². The predicted molar refractivity (Wildman–Crippen MR) is 75.4 cm³/mol. The second-order valence-corrected chi connectivity index (χ2v) is 4.58. The minimum absolute atomic E-state index is 0.361. The molecular formula is C15H21N3. The van der Waals surface area contributed by atoms with Crippen LogP contribution < -0.4 is 5.32 Å².